The molecule has 6 rings (SSSR count). The van der Waals surface area contributed by atoms with Gasteiger partial charge in [-0.15, -0.1) is 0 Å². The highest BCUT2D eigenvalue weighted by Gasteiger charge is 2.56. The number of ether oxygens (including phenoxy) is 1. The highest BCUT2D eigenvalue weighted by molar-refractivity contribution is 8.00. The molecule has 1 fully saturated rings. The van der Waals surface area contributed by atoms with E-state index in [0.29, 0.717) is 26.2 Å². The Morgan fingerprint density at radius 1 is 1.07 bits per heavy atom. The number of imide groups is 1. The fraction of sp³-hybridized carbons (Fsp3) is 0.172. The number of H-pyrrole nitrogens is 1. The highest BCUT2D eigenvalue weighted by atomic mass is 35.5. The first kappa shape index (κ1) is 27.3. The number of thiazole rings is 1. The standard InChI is InChI=1S/C29H21ClFN3O5S2/c1-14-3-2-4-17(11-14)32-21(35)13-39-20-10-5-15(30)12-19(20)22-23-25(40-26-24(22)41-29(38)33-26)28(37)34(27(23)36)18-8-6-16(31)7-9-18/h2-12,22-23,25H,13H2,1H3,(H,32,35)(H,33,38). The first-order chi connectivity index (χ1) is 19.7. The van der Waals surface area contributed by atoms with Gasteiger partial charge in [0, 0.05) is 27.1 Å². The van der Waals surface area contributed by atoms with E-state index < -0.39 is 40.6 Å². The number of thioether (sulfide) groups is 1. The summed E-state index contributed by atoms with van der Waals surface area (Å²) in [5.74, 6) is -3.23. The summed E-state index contributed by atoms with van der Waals surface area (Å²) in [5.41, 5.74) is 2.33. The number of aryl methyl sites for hydroxylation is 1. The molecular formula is C29H21ClFN3O5S2. The van der Waals surface area contributed by atoms with Crippen LogP contribution in [0.4, 0.5) is 15.8 Å². The van der Waals surface area contributed by atoms with Crippen LogP contribution in [0.2, 0.25) is 5.02 Å². The van der Waals surface area contributed by atoms with Crippen molar-refractivity contribution in [3.05, 3.63) is 103 Å². The average Bonchev–Trinajstić information content (AvgIpc) is 3.42. The molecule has 0 bridgehead atoms. The number of benzene rings is 3. The Labute approximate surface area is 246 Å². The molecule has 3 aromatic carbocycles. The highest BCUT2D eigenvalue weighted by Crippen LogP contribution is 2.54. The van der Waals surface area contributed by atoms with Crippen LogP contribution in [0.25, 0.3) is 0 Å². The smallest absolute Gasteiger partial charge is 0.305 e. The molecule has 12 heteroatoms. The number of carbonyl (C=O) groups excluding carboxylic acids is 3. The van der Waals surface area contributed by atoms with E-state index in [1.165, 1.54) is 24.3 Å². The van der Waals surface area contributed by atoms with Gasteiger partial charge < -0.3 is 15.0 Å². The maximum Gasteiger partial charge on any atom is 0.305 e. The van der Waals surface area contributed by atoms with Crippen molar-refractivity contribution < 1.29 is 23.5 Å². The minimum absolute atomic E-state index is 0.252. The molecule has 3 unspecified atom stereocenters. The third-order valence-electron chi connectivity index (χ3n) is 6.88. The largest absolute Gasteiger partial charge is 0.483 e. The van der Waals surface area contributed by atoms with Crippen molar-refractivity contribution in [2.75, 3.05) is 16.8 Å². The fourth-order valence-corrected chi connectivity index (χ4v) is 7.84. The van der Waals surface area contributed by atoms with Gasteiger partial charge in [-0.3, -0.25) is 19.2 Å². The predicted molar refractivity (Wildman–Crippen MR) is 156 cm³/mol. The number of nitrogens with one attached hydrogen (secondary N) is 2. The predicted octanol–water partition coefficient (Wildman–Crippen LogP) is 5.35. The van der Waals surface area contributed by atoms with Crippen LogP contribution in [0.15, 0.2) is 76.6 Å². The van der Waals surface area contributed by atoms with E-state index in [2.05, 4.69) is 10.3 Å². The average molecular weight is 610 g/mol. The third kappa shape index (κ3) is 5.16. The molecular weight excluding hydrogens is 589 g/mol. The van der Waals surface area contributed by atoms with Crippen molar-refractivity contribution in [2.24, 2.45) is 5.92 Å². The second kappa shape index (κ2) is 10.8. The van der Waals surface area contributed by atoms with Gasteiger partial charge in [-0.25, -0.2) is 9.29 Å². The number of rotatable bonds is 6. The SMILES string of the molecule is Cc1cccc(NC(=O)COc2ccc(Cl)cc2C2c3sc(=O)[nH]c3SC3C(=O)N(c4ccc(F)cc4)C(=O)C32)c1. The fourth-order valence-electron chi connectivity index (χ4n) is 5.15. The minimum Gasteiger partial charge on any atom is -0.483 e. The number of hydrogen-bond donors (Lipinski definition) is 2. The molecule has 3 heterocycles. The Morgan fingerprint density at radius 2 is 1.85 bits per heavy atom. The Hall–Kier alpha value is -3.93. The van der Waals surface area contributed by atoms with Crippen molar-refractivity contribution in [3.63, 3.8) is 0 Å². The third-order valence-corrected chi connectivity index (χ3v) is 9.51. The van der Waals surface area contributed by atoms with Crippen molar-refractivity contribution in [2.45, 2.75) is 23.1 Å². The van der Waals surface area contributed by atoms with E-state index >= 15 is 0 Å². The number of aromatic nitrogens is 1. The van der Waals surface area contributed by atoms with Crippen molar-refractivity contribution in [3.8, 4) is 5.75 Å². The monoisotopic (exact) mass is 609 g/mol. The Balaban J connectivity index is 1.36. The number of hydrogen-bond acceptors (Lipinski definition) is 7. The van der Waals surface area contributed by atoms with E-state index in [9.17, 15) is 23.6 Å². The van der Waals surface area contributed by atoms with Crippen LogP contribution in [-0.4, -0.2) is 34.6 Å². The van der Waals surface area contributed by atoms with Gasteiger partial charge in [-0.05, 0) is 67.1 Å². The molecule has 208 valence electrons. The first-order valence-corrected chi connectivity index (χ1v) is 14.6. The van der Waals surface area contributed by atoms with Crippen LogP contribution in [0, 0.1) is 18.7 Å². The molecule has 1 saturated heterocycles. The summed E-state index contributed by atoms with van der Waals surface area (Å²) in [4.78, 5) is 56.7. The molecule has 3 amide bonds. The van der Waals surface area contributed by atoms with E-state index in [4.69, 9.17) is 16.3 Å². The number of halogens is 2. The van der Waals surface area contributed by atoms with Crippen LogP contribution in [0.1, 0.15) is 21.9 Å². The summed E-state index contributed by atoms with van der Waals surface area (Å²) in [7, 11) is 0. The van der Waals surface area contributed by atoms with Gasteiger partial charge in [0.1, 0.15) is 16.8 Å². The molecule has 2 aliphatic rings. The Morgan fingerprint density at radius 3 is 2.61 bits per heavy atom. The maximum absolute atomic E-state index is 13.9. The lowest BCUT2D eigenvalue weighted by Gasteiger charge is -2.31. The van der Waals surface area contributed by atoms with Gasteiger partial charge in [0.05, 0.1) is 16.6 Å². The first-order valence-electron chi connectivity index (χ1n) is 12.5. The lowest BCUT2D eigenvalue weighted by molar-refractivity contribution is -0.122. The van der Waals surface area contributed by atoms with Crippen molar-refractivity contribution in [1.29, 1.82) is 0 Å². The van der Waals surface area contributed by atoms with Crippen LogP contribution in [0.3, 0.4) is 0 Å². The molecule has 2 N–H and O–H groups in total. The summed E-state index contributed by atoms with van der Waals surface area (Å²) < 4.78 is 19.5. The van der Waals surface area contributed by atoms with Gasteiger partial charge in [0.25, 0.3) is 5.91 Å². The number of aromatic amines is 1. The second-order valence-corrected chi connectivity index (χ2v) is 12.2. The normalized spacial score (nSPS) is 19.6. The quantitative estimate of drug-likeness (QED) is 0.285. The molecule has 8 nitrogen and oxygen atoms in total. The molecule has 0 radical (unpaired) electrons. The van der Waals surface area contributed by atoms with E-state index in [0.717, 1.165) is 33.6 Å². The van der Waals surface area contributed by atoms with E-state index in [-0.39, 0.29) is 22.9 Å². The summed E-state index contributed by atoms with van der Waals surface area (Å²) >= 11 is 8.46. The minimum atomic E-state index is -0.904. The molecule has 2 aliphatic heterocycles. The number of fused-ring (bicyclic) bond motifs is 2. The van der Waals surface area contributed by atoms with E-state index in [1.54, 1.807) is 24.3 Å². The number of carbonyl (C=O) groups is 3. The molecule has 0 spiro atoms. The summed E-state index contributed by atoms with van der Waals surface area (Å²) in [6.07, 6.45) is 0. The number of amides is 3. The molecule has 1 aromatic heterocycles. The van der Waals surface area contributed by atoms with Gasteiger partial charge in [0.2, 0.25) is 11.8 Å². The lowest BCUT2D eigenvalue weighted by Crippen LogP contribution is -2.32. The molecule has 0 aliphatic carbocycles. The molecule has 4 aromatic rings. The zero-order valence-electron chi connectivity index (χ0n) is 21.4. The summed E-state index contributed by atoms with van der Waals surface area (Å²) in [6, 6.07) is 17.3. The summed E-state index contributed by atoms with van der Waals surface area (Å²) in [5, 5.41) is 2.77. The van der Waals surface area contributed by atoms with Crippen molar-refractivity contribution >= 4 is 63.8 Å². The number of anilines is 2. The summed E-state index contributed by atoms with van der Waals surface area (Å²) in [6.45, 7) is 1.58. The molecule has 0 saturated carbocycles. The zero-order chi connectivity index (χ0) is 28.8. The zero-order valence-corrected chi connectivity index (χ0v) is 23.7. The Kier molecular flexibility index (Phi) is 7.18. The van der Waals surface area contributed by atoms with Gasteiger partial charge in [0.15, 0.2) is 6.61 Å². The topological polar surface area (TPSA) is 109 Å². The maximum atomic E-state index is 13.9. The van der Waals surface area contributed by atoms with Crippen LogP contribution in [0.5, 0.6) is 5.75 Å². The molecule has 3 atom stereocenters. The number of nitrogens with zero attached hydrogens (tertiary/aromatic N) is 1. The second-order valence-electron chi connectivity index (χ2n) is 9.63. The van der Waals surface area contributed by atoms with Crippen LogP contribution >= 0.6 is 34.7 Å². The van der Waals surface area contributed by atoms with Gasteiger partial charge >= 0.3 is 4.87 Å². The molecule has 41 heavy (non-hydrogen) atoms. The Bertz CT molecular complexity index is 1760. The van der Waals surface area contributed by atoms with Crippen LogP contribution < -0.4 is 19.8 Å². The van der Waals surface area contributed by atoms with E-state index in [1.807, 2.05) is 25.1 Å². The van der Waals surface area contributed by atoms with Gasteiger partial charge in [-0.2, -0.15) is 0 Å². The van der Waals surface area contributed by atoms with Crippen molar-refractivity contribution in [1.82, 2.24) is 4.98 Å². The van der Waals surface area contributed by atoms with Gasteiger partial charge in [-0.1, -0.05) is 46.8 Å². The lowest BCUT2D eigenvalue weighted by atomic mass is 9.82. The van der Waals surface area contributed by atoms with Crippen LogP contribution in [-0.2, 0) is 14.4 Å².